The first-order chi connectivity index (χ1) is 16.2. The minimum Gasteiger partial charge on any atom is -0.508 e. The molecule has 0 amide bonds. The number of benzene rings is 3. The molecule has 0 saturated carbocycles. The highest BCUT2D eigenvalue weighted by molar-refractivity contribution is 5.95. The second kappa shape index (κ2) is 9.68. The maximum Gasteiger partial charge on any atom is 0.150 e. The second-order valence-corrected chi connectivity index (χ2v) is 9.01. The van der Waals surface area contributed by atoms with Gasteiger partial charge in [0, 0.05) is 17.7 Å². The predicted octanol–water partition coefficient (Wildman–Crippen LogP) is 6.96. The molecule has 1 N–H and O–H groups in total. The maximum absolute atomic E-state index is 10.1. The van der Waals surface area contributed by atoms with Crippen LogP contribution in [0.1, 0.15) is 54.5 Å². The summed E-state index contributed by atoms with van der Waals surface area (Å²) in [6.45, 7) is 5.60. The highest BCUT2D eigenvalue weighted by atomic mass is 16.5. The van der Waals surface area contributed by atoms with Crippen LogP contribution in [-0.2, 0) is 0 Å². The zero-order valence-electron chi connectivity index (χ0n) is 19.2. The molecule has 0 aromatic heterocycles. The zero-order valence-corrected chi connectivity index (χ0v) is 19.2. The number of phenols is 1. The number of phenolic OH excluding ortho intramolecular Hbond substituents is 1. The average molecular weight is 438 g/mol. The smallest absolute Gasteiger partial charge is 0.150 e. The molecule has 1 fully saturated rings. The molecule has 3 aromatic carbocycles. The van der Waals surface area contributed by atoms with Crippen LogP contribution in [0.15, 0.2) is 78.9 Å². The Balaban J connectivity index is 1.43. The monoisotopic (exact) mass is 437 g/mol. The van der Waals surface area contributed by atoms with Crippen molar-refractivity contribution in [2.45, 2.75) is 32.3 Å². The largest absolute Gasteiger partial charge is 0.508 e. The van der Waals surface area contributed by atoms with Gasteiger partial charge in [-0.3, -0.25) is 4.90 Å². The van der Waals surface area contributed by atoms with Gasteiger partial charge in [-0.15, -0.1) is 0 Å². The van der Waals surface area contributed by atoms with E-state index in [1.54, 1.807) is 6.07 Å². The number of nitrogens with zero attached hydrogens (tertiary/aromatic N) is 1. The lowest BCUT2D eigenvalue weighted by molar-refractivity contribution is 0.252. The van der Waals surface area contributed by atoms with Crippen molar-refractivity contribution in [3.8, 4) is 11.5 Å². The summed E-state index contributed by atoms with van der Waals surface area (Å²) < 4.78 is 6.53. The number of allylic oxidation sites excluding steroid dienone is 1. The summed E-state index contributed by atoms with van der Waals surface area (Å²) in [5.41, 5.74) is 6.67. The molecule has 3 aromatic rings. The molecular weight excluding hydrogens is 406 g/mol. The van der Waals surface area contributed by atoms with E-state index in [1.165, 1.54) is 43.5 Å². The lowest BCUT2D eigenvalue weighted by Gasteiger charge is -2.31. The summed E-state index contributed by atoms with van der Waals surface area (Å²) >= 11 is 0. The molecule has 1 unspecified atom stereocenters. The molecule has 2 aliphatic rings. The van der Waals surface area contributed by atoms with E-state index in [0.717, 1.165) is 34.6 Å². The Morgan fingerprint density at radius 1 is 0.939 bits per heavy atom. The Morgan fingerprint density at radius 2 is 1.73 bits per heavy atom. The van der Waals surface area contributed by atoms with Gasteiger partial charge in [-0.25, -0.2) is 0 Å². The van der Waals surface area contributed by atoms with Crippen molar-refractivity contribution >= 4 is 17.2 Å². The van der Waals surface area contributed by atoms with Gasteiger partial charge >= 0.3 is 0 Å². The van der Waals surface area contributed by atoms with E-state index >= 15 is 0 Å². The normalized spacial score (nSPS) is 18.9. The first-order valence-electron chi connectivity index (χ1n) is 11.9. The van der Waals surface area contributed by atoms with E-state index < -0.39 is 0 Å². The van der Waals surface area contributed by atoms with Gasteiger partial charge in [0.25, 0.3) is 0 Å². The van der Waals surface area contributed by atoms with Crippen molar-refractivity contribution in [1.29, 1.82) is 0 Å². The van der Waals surface area contributed by atoms with Gasteiger partial charge in [-0.2, -0.15) is 0 Å². The van der Waals surface area contributed by atoms with E-state index in [-0.39, 0.29) is 11.9 Å². The SMILES string of the molecule is CC1=C(c2cccc(O)c2)C(c2ccc(/C=C/CN3CCCCC3)cc2)Oc2ccccc21. The highest BCUT2D eigenvalue weighted by Crippen LogP contribution is 2.46. The molecule has 0 spiro atoms. The van der Waals surface area contributed by atoms with Crippen LogP contribution in [0.2, 0.25) is 0 Å². The molecular formula is C30H31NO2. The maximum atomic E-state index is 10.1. The lowest BCUT2D eigenvalue weighted by atomic mass is 9.86. The molecule has 168 valence electrons. The first-order valence-corrected chi connectivity index (χ1v) is 11.9. The van der Waals surface area contributed by atoms with E-state index in [2.05, 4.69) is 54.3 Å². The summed E-state index contributed by atoms with van der Waals surface area (Å²) in [5, 5.41) is 10.1. The van der Waals surface area contributed by atoms with Crippen molar-refractivity contribution < 1.29 is 9.84 Å². The van der Waals surface area contributed by atoms with Gasteiger partial charge in [-0.1, -0.05) is 73.2 Å². The topological polar surface area (TPSA) is 32.7 Å². The summed E-state index contributed by atoms with van der Waals surface area (Å²) in [6, 6.07) is 24.3. The number of rotatable bonds is 5. The van der Waals surface area contributed by atoms with E-state index in [1.807, 2.05) is 36.4 Å². The average Bonchev–Trinajstić information content (AvgIpc) is 2.85. The number of ether oxygens (including phenoxy) is 1. The van der Waals surface area contributed by atoms with E-state index in [9.17, 15) is 5.11 Å². The van der Waals surface area contributed by atoms with Gasteiger partial charge in [0.05, 0.1) is 0 Å². The van der Waals surface area contributed by atoms with Crippen molar-refractivity contribution in [2.24, 2.45) is 0 Å². The van der Waals surface area contributed by atoms with Crippen LogP contribution in [0, 0.1) is 0 Å². The van der Waals surface area contributed by atoms with Crippen LogP contribution in [0.4, 0.5) is 0 Å². The van der Waals surface area contributed by atoms with Crippen molar-refractivity contribution in [2.75, 3.05) is 19.6 Å². The third-order valence-electron chi connectivity index (χ3n) is 6.72. The van der Waals surface area contributed by atoms with Crippen LogP contribution in [0.25, 0.3) is 17.2 Å². The second-order valence-electron chi connectivity index (χ2n) is 9.01. The number of fused-ring (bicyclic) bond motifs is 1. The van der Waals surface area contributed by atoms with Gasteiger partial charge in [0.1, 0.15) is 17.6 Å². The van der Waals surface area contributed by atoms with Crippen LogP contribution in [0.3, 0.4) is 0 Å². The number of piperidine rings is 1. The minimum absolute atomic E-state index is 0.229. The number of hydrogen-bond acceptors (Lipinski definition) is 3. The predicted molar refractivity (Wildman–Crippen MR) is 136 cm³/mol. The Kier molecular flexibility index (Phi) is 6.32. The van der Waals surface area contributed by atoms with Crippen LogP contribution >= 0.6 is 0 Å². The molecule has 3 nitrogen and oxygen atoms in total. The minimum atomic E-state index is -0.229. The van der Waals surface area contributed by atoms with E-state index in [0.29, 0.717) is 0 Å². The van der Waals surface area contributed by atoms with Crippen LogP contribution in [0.5, 0.6) is 11.5 Å². The molecule has 1 atom stereocenters. The molecule has 0 aliphatic carbocycles. The van der Waals surface area contributed by atoms with Gasteiger partial charge in [0.15, 0.2) is 0 Å². The van der Waals surface area contributed by atoms with Crippen molar-refractivity contribution in [3.05, 3.63) is 101 Å². The first kappa shape index (κ1) is 21.5. The standard InChI is InChI=1S/C30H31NO2/c1-22-27-12-3-4-13-28(27)33-30(29(22)25-10-7-11-26(32)21-25)24-16-14-23(15-17-24)9-8-20-31-18-5-2-6-19-31/h3-4,7-17,21,30,32H,2,5-6,18-20H2,1H3/b9-8+. The van der Waals surface area contributed by atoms with Gasteiger partial charge in [-0.05, 0) is 73.3 Å². The molecule has 2 aliphatic heterocycles. The Morgan fingerprint density at radius 3 is 2.52 bits per heavy atom. The lowest BCUT2D eigenvalue weighted by Crippen LogP contribution is -2.29. The molecule has 0 bridgehead atoms. The van der Waals surface area contributed by atoms with Crippen molar-refractivity contribution in [1.82, 2.24) is 4.90 Å². The third-order valence-corrected chi connectivity index (χ3v) is 6.72. The third kappa shape index (κ3) is 4.74. The highest BCUT2D eigenvalue weighted by Gasteiger charge is 2.29. The summed E-state index contributed by atoms with van der Waals surface area (Å²) in [7, 11) is 0. The van der Waals surface area contributed by atoms with Crippen LogP contribution in [-0.4, -0.2) is 29.6 Å². The summed E-state index contributed by atoms with van der Waals surface area (Å²) in [4.78, 5) is 2.52. The molecule has 2 heterocycles. The molecule has 0 radical (unpaired) electrons. The Bertz CT molecular complexity index is 1170. The van der Waals surface area contributed by atoms with Crippen LogP contribution < -0.4 is 4.74 Å². The van der Waals surface area contributed by atoms with Gasteiger partial charge in [0.2, 0.25) is 0 Å². The van der Waals surface area contributed by atoms with E-state index in [4.69, 9.17) is 4.74 Å². The zero-order chi connectivity index (χ0) is 22.6. The number of aromatic hydroxyl groups is 1. The Labute approximate surface area is 196 Å². The fraction of sp³-hybridized carbons (Fsp3) is 0.267. The fourth-order valence-electron chi connectivity index (χ4n) is 4.94. The molecule has 3 heteroatoms. The quantitative estimate of drug-likeness (QED) is 0.468. The number of likely N-dealkylation sites (tertiary alicyclic amines) is 1. The number of para-hydroxylation sites is 1. The van der Waals surface area contributed by atoms with Crippen molar-refractivity contribution in [3.63, 3.8) is 0 Å². The molecule has 5 rings (SSSR count). The number of hydrogen-bond donors (Lipinski definition) is 1. The molecule has 1 saturated heterocycles. The summed E-state index contributed by atoms with van der Waals surface area (Å²) in [5.74, 6) is 1.16. The van der Waals surface area contributed by atoms with Gasteiger partial charge < -0.3 is 9.84 Å². The fourth-order valence-corrected chi connectivity index (χ4v) is 4.94. The Hall–Kier alpha value is -3.30. The molecule has 33 heavy (non-hydrogen) atoms. The summed E-state index contributed by atoms with van der Waals surface area (Å²) in [6.07, 6.45) is 8.27.